The number of anilines is 1. The summed E-state index contributed by atoms with van der Waals surface area (Å²) in [6.07, 6.45) is 3.25. The van der Waals surface area contributed by atoms with Gasteiger partial charge in [0.1, 0.15) is 5.82 Å². The second kappa shape index (κ2) is 6.66. The van der Waals surface area contributed by atoms with Crippen LogP contribution in [0.1, 0.15) is 45.6 Å². The zero-order valence-electron chi connectivity index (χ0n) is 13.5. The van der Waals surface area contributed by atoms with E-state index in [0.29, 0.717) is 10.5 Å². The molecule has 21 heavy (non-hydrogen) atoms. The van der Waals surface area contributed by atoms with E-state index in [-0.39, 0.29) is 11.4 Å². The van der Waals surface area contributed by atoms with Crippen molar-refractivity contribution < 1.29 is 4.39 Å². The predicted octanol–water partition coefficient (Wildman–Crippen LogP) is 4.64. The van der Waals surface area contributed by atoms with Crippen molar-refractivity contribution in [1.29, 1.82) is 0 Å². The highest BCUT2D eigenvalue weighted by Crippen LogP contribution is 2.33. The Hall–Kier alpha value is -0.610. The molecule has 2 nitrogen and oxygen atoms in total. The molecule has 1 aliphatic rings. The molecule has 4 heteroatoms. The Bertz CT molecular complexity index is 500. The summed E-state index contributed by atoms with van der Waals surface area (Å²) >= 11 is 3.28. The van der Waals surface area contributed by atoms with Crippen LogP contribution in [0.4, 0.5) is 10.1 Å². The third kappa shape index (κ3) is 3.26. The number of halogens is 2. The molecule has 1 atom stereocenters. The van der Waals surface area contributed by atoms with E-state index < -0.39 is 0 Å². The monoisotopic (exact) mass is 356 g/mol. The third-order valence-electron chi connectivity index (χ3n) is 5.00. The lowest BCUT2D eigenvalue weighted by atomic mass is 9.87. The molecule has 1 aliphatic heterocycles. The van der Waals surface area contributed by atoms with E-state index in [1.165, 1.54) is 0 Å². The smallest absolute Gasteiger partial charge is 0.139 e. The van der Waals surface area contributed by atoms with Crippen molar-refractivity contribution >= 4 is 21.6 Å². The van der Waals surface area contributed by atoms with Crippen LogP contribution in [0.3, 0.4) is 0 Å². The van der Waals surface area contributed by atoms with Gasteiger partial charge in [-0.15, -0.1) is 0 Å². The molecule has 118 valence electrons. The lowest BCUT2D eigenvalue weighted by Crippen LogP contribution is -2.64. The first-order valence-electron chi connectivity index (χ1n) is 7.93. The Kier molecular flexibility index (Phi) is 5.31. The van der Waals surface area contributed by atoms with E-state index in [1.54, 1.807) is 6.07 Å². The maximum atomic E-state index is 14.0. The van der Waals surface area contributed by atoms with Crippen LogP contribution in [0.15, 0.2) is 16.6 Å². The first kappa shape index (κ1) is 16.8. The summed E-state index contributed by atoms with van der Waals surface area (Å²) in [7, 11) is 0. The molecule has 1 fully saturated rings. The minimum absolute atomic E-state index is 0.141. The van der Waals surface area contributed by atoms with Crippen LogP contribution in [-0.2, 0) is 0 Å². The van der Waals surface area contributed by atoms with Crippen molar-refractivity contribution in [3.63, 3.8) is 0 Å². The SMILES string of the molecule is CCC1CNC(CC)(CC)CN1c1cc(F)c(Br)cc1C. The molecule has 0 bridgehead atoms. The van der Waals surface area contributed by atoms with Gasteiger partial charge >= 0.3 is 0 Å². The minimum atomic E-state index is -0.178. The molecular formula is C17H26BrFN2. The average molecular weight is 357 g/mol. The van der Waals surface area contributed by atoms with Gasteiger partial charge in [-0.1, -0.05) is 20.8 Å². The molecule has 0 spiro atoms. The van der Waals surface area contributed by atoms with Crippen molar-refractivity contribution in [3.8, 4) is 0 Å². The molecule has 0 radical (unpaired) electrons. The molecule has 0 aromatic heterocycles. The van der Waals surface area contributed by atoms with Crippen molar-refractivity contribution in [2.75, 3.05) is 18.0 Å². The quantitative estimate of drug-likeness (QED) is 0.844. The third-order valence-corrected chi connectivity index (χ3v) is 5.61. The number of nitrogens with zero attached hydrogens (tertiary/aromatic N) is 1. The number of hydrogen-bond donors (Lipinski definition) is 1. The van der Waals surface area contributed by atoms with Gasteiger partial charge in [-0.3, -0.25) is 0 Å². The lowest BCUT2D eigenvalue weighted by molar-refractivity contribution is 0.246. The van der Waals surface area contributed by atoms with Gasteiger partial charge in [0.05, 0.1) is 4.47 Å². The zero-order chi connectivity index (χ0) is 15.6. The second-order valence-electron chi connectivity index (χ2n) is 6.11. The van der Waals surface area contributed by atoms with E-state index in [4.69, 9.17) is 0 Å². The van der Waals surface area contributed by atoms with E-state index in [0.717, 1.165) is 43.6 Å². The number of benzene rings is 1. The molecule has 1 aromatic carbocycles. The molecule has 0 aliphatic carbocycles. The van der Waals surface area contributed by atoms with Crippen molar-refractivity contribution in [1.82, 2.24) is 5.32 Å². The molecular weight excluding hydrogens is 331 g/mol. The number of rotatable bonds is 4. The highest BCUT2D eigenvalue weighted by molar-refractivity contribution is 9.10. The summed E-state index contributed by atoms with van der Waals surface area (Å²) in [5.41, 5.74) is 2.31. The van der Waals surface area contributed by atoms with E-state index in [2.05, 4.69) is 53.8 Å². The van der Waals surface area contributed by atoms with Gasteiger partial charge in [0.15, 0.2) is 0 Å². The fourth-order valence-electron chi connectivity index (χ4n) is 3.27. The Morgan fingerprint density at radius 3 is 2.57 bits per heavy atom. The largest absolute Gasteiger partial charge is 0.365 e. The molecule has 1 heterocycles. The summed E-state index contributed by atoms with van der Waals surface area (Å²) in [6, 6.07) is 4.00. The fraction of sp³-hybridized carbons (Fsp3) is 0.647. The summed E-state index contributed by atoms with van der Waals surface area (Å²) in [4.78, 5) is 2.41. The summed E-state index contributed by atoms with van der Waals surface area (Å²) in [5, 5.41) is 3.73. The molecule has 1 N–H and O–H groups in total. The molecule has 1 aromatic rings. The first-order valence-corrected chi connectivity index (χ1v) is 8.73. The topological polar surface area (TPSA) is 15.3 Å². The molecule has 1 unspecified atom stereocenters. The van der Waals surface area contributed by atoms with Gasteiger partial charge in [-0.25, -0.2) is 4.39 Å². The van der Waals surface area contributed by atoms with E-state index >= 15 is 0 Å². The van der Waals surface area contributed by atoms with Gasteiger partial charge in [0, 0.05) is 30.4 Å². The molecule has 1 saturated heterocycles. The van der Waals surface area contributed by atoms with E-state index in [1.807, 2.05) is 6.07 Å². The summed E-state index contributed by atoms with van der Waals surface area (Å²) in [6.45, 7) is 10.6. The van der Waals surface area contributed by atoms with Crippen LogP contribution in [0, 0.1) is 12.7 Å². The molecule has 2 rings (SSSR count). The molecule has 0 amide bonds. The highest BCUT2D eigenvalue weighted by atomic mass is 79.9. The van der Waals surface area contributed by atoms with Crippen LogP contribution in [0.5, 0.6) is 0 Å². The van der Waals surface area contributed by atoms with Gasteiger partial charge < -0.3 is 10.2 Å². The lowest BCUT2D eigenvalue weighted by Gasteiger charge is -2.49. The highest BCUT2D eigenvalue weighted by Gasteiger charge is 2.36. The van der Waals surface area contributed by atoms with Gasteiger partial charge in [0.25, 0.3) is 0 Å². The summed E-state index contributed by atoms with van der Waals surface area (Å²) < 4.78 is 14.6. The number of piperazine rings is 1. The molecule has 0 saturated carbocycles. The Balaban J connectivity index is 2.40. The van der Waals surface area contributed by atoms with Gasteiger partial charge in [-0.2, -0.15) is 0 Å². The van der Waals surface area contributed by atoms with Crippen molar-refractivity contribution in [3.05, 3.63) is 28.0 Å². The normalized spacial score (nSPS) is 21.6. The summed E-state index contributed by atoms with van der Waals surface area (Å²) in [5.74, 6) is -0.178. The van der Waals surface area contributed by atoms with E-state index in [9.17, 15) is 4.39 Å². The van der Waals surface area contributed by atoms with Crippen LogP contribution in [0.25, 0.3) is 0 Å². The van der Waals surface area contributed by atoms with Crippen LogP contribution in [-0.4, -0.2) is 24.7 Å². The minimum Gasteiger partial charge on any atom is -0.365 e. The Morgan fingerprint density at radius 1 is 1.33 bits per heavy atom. The average Bonchev–Trinajstić information content (AvgIpc) is 2.50. The van der Waals surface area contributed by atoms with Crippen molar-refractivity contribution in [2.24, 2.45) is 0 Å². The Morgan fingerprint density at radius 2 is 2.00 bits per heavy atom. The number of nitrogens with one attached hydrogen (secondary N) is 1. The second-order valence-corrected chi connectivity index (χ2v) is 6.97. The van der Waals surface area contributed by atoms with Gasteiger partial charge in [0.2, 0.25) is 0 Å². The zero-order valence-corrected chi connectivity index (χ0v) is 15.1. The van der Waals surface area contributed by atoms with Crippen LogP contribution in [0.2, 0.25) is 0 Å². The van der Waals surface area contributed by atoms with Crippen LogP contribution < -0.4 is 10.2 Å². The standard InChI is InChI=1S/C17H26BrFN2/c1-5-13-10-20-17(6-2,7-3)11-21(13)16-9-15(19)14(18)8-12(16)4/h8-9,13,20H,5-7,10-11H2,1-4H3. The van der Waals surface area contributed by atoms with Gasteiger partial charge in [-0.05, 0) is 59.8 Å². The number of aryl methyl sites for hydroxylation is 1. The van der Waals surface area contributed by atoms with Crippen molar-refractivity contribution in [2.45, 2.75) is 58.5 Å². The fourth-order valence-corrected chi connectivity index (χ4v) is 3.73. The predicted molar refractivity (Wildman–Crippen MR) is 91.6 cm³/mol. The number of hydrogen-bond acceptors (Lipinski definition) is 2. The maximum absolute atomic E-state index is 14.0. The maximum Gasteiger partial charge on any atom is 0.139 e. The van der Waals surface area contributed by atoms with Crippen LogP contribution >= 0.6 is 15.9 Å². The Labute approximate surface area is 136 Å². The first-order chi connectivity index (χ1) is 9.96.